The second-order valence-corrected chi connectivity index (χ2v) is 7.15. The Hall–Kier alpha value is -2.54. The lowest BCUT2D eigenvalue weighted by atomic mass is 10.1. The Bertz CT molecular complexity index is 844. The minimum absolute atomic E-state index is 0.0933. The number of para-hydroxylation sites is 1. The van der Waals surface area contributed by atoms with Gasteiger partial charge in [0.05, 0.1) is 6.04 Å². The fourth-order valence-electron chi connectivity index (χ4n) is 3.75. The predicted octanol–water partition coefficient (Wildman–Crippen LogP) is 2.35. The van der Waals surface area contributed by atoms with Crippen LogP contribution in [0, 0.1) is 5.82 Å². The molecule has 7 heteroatoms. The number of amides is 1. The smallest absolute Gasteiger partial charge is 0.261 e. The van der Waals surface area contributed by atoms with Crippen molar-refractivity contribution < 1.29 is 13.9 Å². The molecule has 0 unspecified atom stereocenters. The van der Waals surface area contributed by atoms with E-state index in [1.807, 2.05) is 6.20 Å². The lowest BCUT2D eigenvalue weighted by Crippen LogP contribution is -2.35. The van der Waals surface area contributed by atoms with Crippen LogP contribution in [0.25, 0.3) is 0 Å². The molecule has 0 radical (unpaired) electrons. The Morgan fingerprint density at radius 1 is 1.33 bits per heavy atom. The number of benzene rings is 1. The van der Waals surface area contributed by atoms with Crippen LogP contribution in [0.15, 0.2) is 30.5 Å². The monoisotopic (exact) mass is 370 g/mol. The number of likely N-dealkylation sites (N-methyl/N-ethyl adjacent to an activating group) is 1. The van der Waals surface area contributed by atoms with Crippen LogP contribution in [0.1, 0.15) is 36.0 Å². The van der Waals surface area contributed by atoms with Crippen molar-refractivity contribution in [2.75, 3.05) is 26.7 Å². The summed E-state index contributed by atoms with van der Waals surface area (Å²) in [5, 5.41) is 0. The van der Waals surface area contributed by atoms with E-state index < -0.39 is 5.82 Å². The molecule has 4 rings (SSSR count). The number of likely N-dealkylation sites (tertiary alicyclic amines) is 1. The van der Waals surface area contributed by atoms with Crippen molar-refractivity contribution in [1.29, 1.82) is 0 Å². The third-order valence-corrected chi connectivity index (χ3v) is 5.20. The van der Waals surface area contributed by atoms with E-state index in [2.05, 4.69) is 16.9 Å². The zero-order chi connectivity index (χ0) is 18.8. The number of rotatable bonds is 4. The van der Waals surface area contributed by atoms with Gasteiger partial charge in [0.2, 0.25) is 0 Å². The average Bonchev–Trinajstić information content (AvgIpc) is 3.16. The summed E-state index contributed by atoms with van der Waals surface area (Å²) in [6, 6.07) is 5.97. The fourth-order valence-corrected chi connectivity index (χ4v) is 3.75. The first-order valence-electron chi connectivity index (χ1n) is 9.32. The lowest BCUT2D eigenvalue weighted by Gasteiger charge is -2.27. The molecule has 1 fully saturated rings. The number of nitrogens with zero attached hydrogens (tertiary/aromatic N) is 4. The zero-order valence-electron chi connectivity index (χ0n) is 15.4. The number of hydrogen-bond acceptors (Lipinski definition) is 5. The van der Waals surface area contributed by atoms with Crippen molar-refractivity contribution in [2.45, 2.75) is 31.8 Å². The summed E-state index contributed by atoms with van der Waals surface area (Å²) in [4.78, 5) is 26.0. The molecule has 3 heterocycles. The zero-order valence-corrected chi connectivity index (χ0v) is 15.4. The van der Waals surface area contributed by atoms with Crippen LogP contribution >= 0.6 is 0 Å². The Labute approximate surface area is 158 Å². The molecule has 1 amide bonds. The Balaban J connectivity index is 1.46. The van der Waals surface area contributed by atoms with Gasteiger partial charge in [-0.05, 0) is 32.0 Å². The summed E-state index contributed by atoms with van der Waals surface area (Å²) in [5.41, 5.74) is 2.24. The molecule has 1 aromatic carbocycles. The summed E-state index contributed by atoms with van der Waals surface area (Å²) in [7, 11) is 2.09. The van der Waals surface area contributed by atoms with Crippen molar-refractivity contribution in [3.8, 4) is 5.75 Å². The maximum atomic E-state index is 13.7. The molecule has 27 heavy (non-hydrogen) atoms. The summed E-state index contributed by atoms with van der Waals surface area (Å²) in [6.45, 7) is 2.30. The van der Waals surface area contributed by atoms with Crippen LogP contribution in [0.2, 0.25) is 0 Å². The van der Waals surface area contributed by atoms with Crippen LogP contribution in [-0.2, 0) is 17.8 Å². The predicted molar refractivity (Wildman–Crippen MR) is 97.7 cm³/mol. The minimum atomic E-state index is -0.466. The molecule has 2 aliphatic heterocycles. The van der Waals surface area contributed by atoms with E-state index in [1.54, 1.807) is 17.0 Å². The minimum Gasteiger partial charge on any atom is -0.481 e. The molecule has 1 atom stereocenters. The first-order valence-corrected chi connectivity index (χ1v) is 9.32. The normalized spacial score (nSPS) is 19.8. The molecule has 2 aliphatic rings. The third-order valence-electron chi connectivity index (χ3n) is 5.20. The van der Waals surface area contributed by atoms with E-state index in [0.29, 0.717) is 12.4 Å². The molecule has 6 nitrogen and oxygen atoms in total. The average molecular weight is 370 g/mol. The first-order chi connectivity index (χ1) is 13.1. The van der Waals surface area contributed by atoms with Gasteiger partial charge in [-0.2, -0.15) is 0 Å². The van der Waals surface area contributed by atoms with Crippen LogP contribution < -0.4 is 4.74 Å². The van der Waals surface area contributed by atoms with Crippen LogP contribution in [0.3, 0.4) is 0 Å². The van der Waals surface area contributed by atoms with E-state index in [1.165, 1.54) is 12.1 Å². The van der Waals surface area contributed by atoms with Gasteiger partial charge >= 0.3 is 0 Å². The summed E-state index contributed by atoms with van der Waals surface area (Å²) < 4.78 is 19.1. The molecule has 2 aromatic rings. The number of aromatic nitrogens is 2. The topological polar surface area (TPSA) is 58.6 Å². The molecule has 1 saturated heterocycles. The van der Waals surface area contributed by atoms with E-state index in [9.17, 15) is 9.18 Å². The highest BCUT2D eigenvalue weighted by Crippen LogP contribution is 2.31. The van der Waals surface area contributed by atoms with Crippen LogP contribution in [-0.4, -0.2) is 52.4 Å². The van der Waals surface area contributed by atoms with E-state index in [0.717, 1.165) is 43.6 Å². The quantitative estimate of drug-likeness (QED) is 0.827. The van der Waals surface area contributed by atoms with Gasteiger partial charge in [-0.1, -0.05) is 12.1 Å². The Morgan fingerprint density at radius 3 is 3.04 bits per heavy atom. The molecule has 0 saturated carbocycles. The summed E-state index contributed by atoms with van der Waals surface area (Å²) in [5.74, 6) is 0.166. The molecular weight excluding hydrogens is 347 g/mol. The Kier molecular flexibility index (Phi) is 5.03. The fraction of sp³-hybridized carbons (Fsp3) is 0.450. The second kappa shape index (κ2) is 7.60. The SMILES string of the molecule is CN1CCc2nc([C@H]3CCCN3C(=O)COc3ccccc3F)ncc2C1. The standard InChI is InChI=1S/C20H23FN4O2/c1-24-10-8-16-14(12-24)11-22-20(23-16)17-6-4-9-25(17)19(26)13-27-18-7-3-2-5-15(18)21/h2-3,5,7,11,17H,4,6,8-10,12-13H2,1H3/t17-/m1/s1. The highest BCUT2D eigenvalue weighted by molar-refractivity contribution is 5.78. The van der Waals surface area contributed by atoms with Gasteiger partial charge in [-0.15, -0.1) is 0 Å². The van der Waals surface area contributed by atoms with Crippen molar-refractivity contribution in [1.82, 2.24) is 19.8 Å². The number of carbonyl (C=O) groups excluding carboxylic acids is 1. The first kappa shape index (κ1) is 17.9. The van der Waals surface area contributed by atoms with Gasteiger partial charge in [0, 0.05) is 43.5 Å². The number of halogens is 1. The molecule has 0 bridgehead atoms. The summed E-state index contributed by atoms with van der Waals surface area (Å²) >= 11 is 0. The van der Waals surface area contributed by atoms with Crippen molar-refractivity contribution in [2.24, 2.45) is 0 Å². The molecule has 0 spiro atoms. The largest absolute Gasteiger partial charge is 0.481 e. The number of fused-ring (bicyclic) bond motifs is 1. The van der Waals surface area contributed by atoms with Gasteiger partial charge < -0.3 is 14.5 Å². The van der Waals surface area contributed by atoms with E-state index >= 15 is 0 Å². The van der Waals surface area contributed by atoms with Gasteiger partial charge in [-0.3, -0.25) is 4.79 Å². The number of carbonyl (C=O) groups is 1. The highest BCUT2D eigenvalue weighted by atomic mass is 19.1. The maximum Gasteiger partial charge on any atom is 0.261 e. The van der Waals surface area contributed by atoms with Gasteiger partial charge in [0.25, 0.3) is 5.91 Å². The van der Waals surface area contributed by atoms with Gasteiger partial charge in [-0.25, -0.2) is 14.4 Å². The lowest BCUT2D eigenvalue weighted by molar-refractivity contribution is -0.134. The van der Waals surface area contributed by atoms with Crippen molar-refractivity contribution >= 4 is 5.91 Å². The second-order valence-electron chi connectivity index (χ2n) is 7.15. The Morgan fingerprint density at radius 2 is 2.19 bits per heavy atom. The summed E-state index contributed by atoms with van der Waals surface area (Å²) in [6.07, 6.45) is 4.53. The molecule has 142 valence electrons. The number of hydrogen-bond donors (Lipinski definition) is 0. The third kappa shape index (κ3) is 3.78. The van der Waals surface area contributed by atoms with E-state index in [4.69, 9.17) is 9.72 Å². The molecule has 0 N–H and O–H groups in total. The van der Waals surface area contributed by atoms with E-state index in [-0.39, 0.29) is 24.3 Å². The molecule has 1 aromatic heterocycles. The molecule has 0 aliphatic carbocycles. The molecular formula is C20H23FN4O2. The van der Waals surface area contributed by atoms with Crippen molar-refractivity contribution in [3.63, 3.8) is 0 Å². The van der Waals surface area contributed by atoms with Crippen molar-refractivity contribution in [3.05, 3.63) is 53.4 Å². The van der Waals surface area contributed by atoms with Gasteiger partial charge in [0.15, 0.2) is 24.0 Å². The van der Waals surface area contributed by atoms with Gasteiger partial charge in [0.1, 0.15) is 0 Å². The van der Waals surface area contributed by atoms with Crippen LogP contribution in [0.4, 0.5) is 4.39 Å². The highest BCUT2D eigenvalue weighted by Gasteiger charge is 2.33. The number of ether oxygens (including phenoxy) is 1. The van der Waals surface area contributed by atoms with Crippen LogP contribution in [0.5, 0.6) is 5.75 Å². The maximum absolute atomic E-state index is 13.7.